The third-order valence-corrected chi connectivity index (χ3v) is 11.4. The van der Waals surface area contributed by atoms with E-state index in [0.717, 1.165) is 89.9 Å². The molecule has 0 saturated heterocycles. The summed E-state index contributed by atoms with van der Waals surface area (Å²) in [4.78, 5) is 23.2. The van der Waals surface area contributed by atoms with Crippen molar-refractivity contribution < 1.29 is 32.9 Å². The fourth-order valence-electron chi connectivity index (χ4n) is 6.55. The molecular formula is C52H94N2O6P+. The number of phosphoric ester groups is 1. The fraction of sp³-hybridized carbons (Fsp3) is 0.712. The summed E-state index contributed by atoms with van der Waals surface area (Å²) < 4.78 is 23.6. The van der Waals surface area contributed by atoms with E-state index in [2.05, 4.69) is 104 Å². The molecule has 61 heavy (non-hydrogen) atoms. The minimum Gasteiger partial charge on any atom is -0.391 e. The Hall–Kier alpha value is -2.32. The van der Waals surface area contributed by atoms with E-state index in [1.165, 1.54) is 70.6 Å². The maximum Gasteiger partial charge on any atom is 0.472 e. The van der Waals surface area contributed by atoms with Crippen LogP contribution in [0.3, 0.4) is 0 Å². The van der Waals surface area contributed by atoms with Gasteiger partial charge in [-0.2, -0.15) is 0 Å². The Morgan fingerprint density at radius 1 is 0.574 bits per heavy atom. The zero-order chi connectivity index (χ0) is 45.0. The van der Waals surface area contributed by atoms with E-state index in [9.17, 15) is 19.4 Å². The summed E-state index contributed by atoms with van der Waals surface area (Å²) in [6.07, 6.45) is 59.0. The van der Waals surface area contributed by atoms with Crippen molar-refractivity contribution in [2.24, 2.45) is 0 Å². The number of carbonyl (C=O) groups is 1. The van der Waals surface area contributed by atoms with Crippen LogP contribution in [-0.2, 0) is 18.4 Å². The number of allylic oxidation sites excluding steroid dienone is 14. The summed E-state index contributed by atoms with van der Waals surface area (Å²) in [6, 6.07) is -0.783. The zero-order valence-electron chi connectivity index (χ0n) is 39.9. The van der Waals surface area contributed by atoms with Crippen LogP contribution in [0.25, 0.3) is 0 Å². The second-order valence-electron chi connectivity index (χ2n) is 17.5. The topological polar surface area (TPSA) is 105 Å². The summed E-state index contributed by atoms with van der Waals surface area (Å²) >= 11 is 0. The molecule has 0 aromatic rings. The van der Waals surface area contributed by atoms with Crippen LogP contribution in [0.5, 0.6) is 0 Å². The van der Waals surface area contributed by atoms with E-state index in [1.54, 1.807) is 0 Å². The molecule has 0 heterocycles. The predicted molar refractivity (Wildman–Crippen MR) is 263 cm³/mol. The third kappa shape index (κ3) is 45.5. The Morgan fingerprint density at radius 2 is 0.984 bits per heavy atom. The molecule has 0 bridgehead atoms. The number of nitrogens with one attached hydrogen (secondary N) is 1. The highest BCUT2D eigenvalue weighted by Gasteiger charge is 2.28. The van der Waals surface area contributed by atoms with Gasteiger partial charge in [0.1, 0.15) is 13.2 Å². The number of aliphatic hydroxyl groups excluding tert-OH is 1. The molecule has 0 radical (unpaired) electrons. The van der Waals surface area contributed by atoms with Crippen molar-refractivity contribution in [1.82, 2.24) is 5.32 Å². The smallest absolute Gasteiger partial charge is 0.391 e. The second kappa shape index (κ2) is 43.0. The molecule has 0 fully saturated rings. The Bertz CT molecular complexity index is 1260. The molecular weight excluding hydrogens is 780 g/mol. The summed E-state index contributed by atoms with van der Waals surface area (Å²) in [5.74, 6) is -0.180. The molecule has 0 aromatic heterocycles. The Balaban J connectivity index is 4.38. The number of nitrogens with zero attached hydrogens (tertiary/aromatic N) is 1. The molecule has 0 spiro atoms. The summed E-state index contributed by atoms with van der Waals surface area (Å²) in [7, 11) is 1.58. The van der Waals surface area contributed by atoms with Gasteiger partial charge < -0.3 is 19.8 Å². The first-order valence-corrected chi connectivity index (χ1v) is 25.9. The lowest BCUT2D eigenvalue weighted by Gasteiger charge is -2.26. The summed E-state index contributed by atoms with van der Waals surface area (Å²) in [5.41, 5.74) is 0. The van der Waals surface area contributed by atoms with Crippen molar-refractivity contribution in [1.29, 1.82) is 0 Å². The molecule has 3 N–H and O–H groups in total. The first kappa shape index (κ1) is 58.7. The molecule has 0 aliphatic heterocycles. The molecule has 352 valence electrons. The minimum atomic E-state index is -4.33. The lowest BCUT2D eigenvalue weighted by molar-refractivity contribution is -0.870. The van der Waals surface area contributed by atoms with Gasteiger partial charge >= 0.3 is 7.82 Å². The van der Waals surface area contributed by atoms with Crippen LogP contribution in [0.1, 0.15) is 187 Å². The Morgan fingerprint density at radius 3 is 1.43 bits per heavy atom. The summed E-state index contributed by atoms with van der Waals surface area (Å²) in [6.45, 7) is 4.73. The van der Waals surface area contributed by atoms with E-state index in [-0.39, 0.29) is 19.1 Å². The van der Waals surface area contributed by atoms with Crippen LogP contribution in [0.2, 0.25) is 0 Å². The van der Waals surface area contributed by atoms with Gasteiger partial charge in [0.25, 0.3) is 0 Å². The molecule has 0 aromatic carbocycles. The quantitative estimate of drug-likeness (QED) is 0.0244. The lowest BCUT2D eigenvalue weighted by atomic mass is 10.0. The van der Waals surface area contributed by atoms with Gasteiger partial charge in [0.2, 0.25) is 5.91 Å². The highest BCUT2D eigenvalue weighted by Crippen LogP contribution is 2.43. The largest absolute Gasteiger partial charge is 0.472 e. The van der Waals surface area contributed by atoms with Gasteiger partial charge in [0, 0.05) is 6.42 Å². The number of amides is 1. The average Bonchev–Trinajstić information content (AvgIpc) is 3.21. The lowest BCUT2D eigenvalue weighted by Crippen LogP contribution is -2.46. The molecule has 0 aliphatic rings. The number of rotatable bonds is 43. The molecule has 8 nitrogen and oxygen atoms in total. The number of quaternary nitrogens is 1. The Labute approximate surface area is 376 Å². The van der Waals surface area contributed by atoms with Crippen LogP contribution >= 0.6 is 7.82 Å². The second-order valence-corrected chi connectivity index (χ2v) is 18.9. The minimum absolute atomic E-state index is 0.0631. The fourth-order valence-corrected chi connectivity index (χ4v) is 7.29. The highest BCUT2D eigenvalue weighted by atomic mass is 31.2. The van der Waals surface area contributed by atoms with E-state index >= 15 is 0 Å². The van der Waals surface area contributed by atoms with Crippen molar-refractivity contribution in [3.05, 3.63) is 85.1 Å². The maximum atomic E-state index is 12.9. The van der Waals surface area contributed by atoms with Crippen LogP contribution in [0, 0.1) is 0 Å². The number of hydrogen-bond acceptors (Lipinski definition) is 5. The molecule has 3 atom stereocenters. The van der Waals surface area contributed by atoms with Crippen LogP contribution in [0.15, 0.2) is 85.1 Å². The number of hydrogen-bond donors (Lipinski definition) is 3. The Kier molecular flexibility index (Phi) is 41.3. The van der Waals surface area contributed by atoms with Crippen LogP contribution in [0.4, 0.5) is 0 Å². The van der Waals surface area contributed by atoms with Crippen molar-refractivity contribution >= 4 is 13.7 Å². The molecule has 3 unspecified atom stereocenters. The van der Waals surface area contributed by atoms with Crippen molar-refractivity contribution in [2.75, 3.05) is 40.9 Å². The molecule has 1 amide bonds. The van der Waals surface area contributed by atoms with Crippen molar-refractivity contribution in [3.63, 3.8) is 0 Å². The van der Waals surface area contributed by atoms with Gasteiger partial charge in [-0.1, -0.05) is 195 Å². The average molecular weight is 874 g/mol. The van der Waals surface area contributed by atoms with E-state index in [0.29, 0.717) is 23.9 Å². The molecule has 0 aliphatic carbocycles. The highest BCUT2D eigenvalue weighted by molar-refractivity contribution is 7.47. The zero-order valence-corrected chi connectivity index (χ0v) is 40.8. The first-order valence-electron chi connectivity index (χ1n) is 24.5. The standard InChI is InChI=1S/C52H93N2O6P/c1-6-8-10-12-14-16-18-20-22-23-24-25-26-27-28-29-30-31-32-34-36-38-40-42-44-46-52(56)53-50(49-60-61(57,58)59-48-47-54(3,4)5)51(55)45-43-41-39-37-35-33-21-19-17-15-13-11-9-7-2/h8,10,14,16,20,22,24-25,27-28,30-31,34,36,50-51,55H,6-7,9,11-13,15,17-19,21,23,26,29,32-33,35,37-49H2,1-5H3,(H-,53,56,57,58)/p+1/b10-8-,16-14-,22-20-,25-24-,28-27-,31-30-,36-34-. The maximum absolute atomic E-state index is 12.9. The normalized spacial score (nSPS) is 14.9. The third-order valence-electron chi connectivity index (χ3n) is 10.4. The summed E-state index contributed by atoms with van der Waals surface area (Å²) in [5, 5.41) is 14.0. The SMILES string of the molecule is CC/C=C\C/C=C\C/C=C\C/C=C\C/C=C\C/C=C\C/C=C\CCCCCC(=O)NC(COP(=O)(O)OCC[N+](C)(C)C)C(O)CCCCCCCCCCCCCCCC. The van der Waals surface area contributed by atoms with Crippen LogP contribution in [-0.4, -0.2) is 73.4 Å². The molecule has 9 heteroatoms. The monoisotopic (exact) mass is 874 g/mol. The van der Waals surface area contributed by atoms with E-state index in [4.69, 9.17) is 9.05 Å². The van der Waals surface area contributed by atoms with Crippen LogP contribution < -0.4 is 5.32 Å². The van der Waals surface area contributed by atoms with Gasteiger partial charge in [-0.25, -0.2) is 4.57 Å². The predicted octanol–water partition coefficient (Wildman–Crippen LogP) is 14.1. The number of phosphoric acid groups is 1. The number of carbonyl (C=O) groups excluding carboxylic acids is 1. The van der Waals surface area contributed by atoms with Gasteiger partial charge in [-0.05, 0) is 70.6 Å². The van der Waals surface area contributed by atoms with E-state index < -0.39 is 20.0 Å². The van der Waals surface area contributed by atoms with E-state index in [1.807, 2.05) is 21.1 Å². The number of likely N-dealkylation sites (N-methyl/N-ethyl adjacent to an activating group) is 1. The van der Waals surface area contributed by atoms with Gasteiger partial charge in [0.15, 0.2) is 0 Å². The molecule has 0 saturated carbocycles. The van der Waals surface area contributed by atoms with Crippen molar-refractivity contribution in [3.8, 4) is 0 Å². The van der Waals surface area contributed by atoms with Gasteiger partial charge in [0.05, 0.1) is 39.9 Å². The van der Waals surface area contributed by atoms with Crippen molar-refractivity contribution in [2.45, 2.75) is 199 Å². The number of aliphatic hydroxyl groups is 1. The number of unbranched alkanes of at least 4 members (excludes halogenated alkanes) is 16. The van der Waals surface area contributed by atoms with Gasteiger partial charge in [-0.15, -0.1) is 0 Å². The molecule has 0 rings (SSSR count). The van der Waals surface area contributed by atoms with Gasteiger partial charge in [-0.3, -0.25) is 13.8 Å². The first-order chi connectivity index (χ1) is 29.5.